The van der Waals surface area contributed by atoms with E-state index in [0.717, 1.165) is 12.5 Å². The van der Waals surface area contributed by atoms with E-state index in [9.17, 15) is 14.4 Å². The monoisotopic (exact) mass is 328 g/mol. The van der Waals surface area contributed by atoms with Gasteiger partial charge in [-0.1, -0.05) is 26.3 Å². The van der Waals surface area contributed by atoms with Gasteiger partial charge in [0, 0.05) is 6.08 Å². The van der Waals surface area contributed by atoms with Crippen molar-refractivity contribution in [2.24, 2.45) is 5.92 Å². The van der Waals surface area contributed by atoms with E-state index in [1.807, 2.05) is 13.8 Å². The number of nitrogens with one attached hydrogen (secondary N) is 2. The number of rotatable bonds is 7. The third-order valence-corrected chi connectivity index (χ3v) is 3.14. The number of carbonyl (C=O) groups is 3. The Hall–Kier alpha value is -2.05. The van der Waals surface area contributed by atoms with E-state index >= 15 is 0 Å². The molecule has 0 spiro atoms. The standard InChI is InChI=1S/C16H28N2O5/c1-7-10(2)12(8-9-13(19)20)18-14(21)11(3)17-15(22)23-16(4,5)6/h8-12H,7H2,1-6H3,(H,17,22)(H,18,21)(H,19,20). The summed E-state index contributed by atoms with van der Waals surface area (Å²) in [7, 11) is 0. The Morgan fingerprint density at radius 1 is 1.17 bits per heavy atom. The Bertz CT molecular complexity index is 454. The molecule has 7 heteroatoms. The Kier molecular flexibility index (Phi) is 8.35. The quantitative estimate of drug-likeness (QED) is 0.621. The topological polar surface area (TPSA) is 105 Å². The molecule has 0 aromatic heterocycles. The number of carbonyl (C=O) groups excluding carboxylic acids is 2. The van der Waals surface area contributed by atoms with Crippen LogP contribution in [0.2, 0.25) is 0 Å². The summed E-state index contributed by atoms with van der Waals surface area (Å²) in [4.78, 5) is 34.5. The molecule has 132 valence electrons. The van der Waals surface area contributed by atoms with Crippen LogP contribution in [0.4, 0.5) is 4.79 Å². The van der Waals surface area contributed by atoms with Crippen LogP contribution in [0, 0.1) is 5.92 Å². The van der Waals surface area contributed by atoms with Crippen LogP contribution in [0.25, 0.3) is 0 Å². The minimum absolute atomic E-state index is 0.0586. The van der Waals surface area contributed by atoms with Crippen LogP contribution < -0.4 is 10.6 Å². The second-order valence-electron chi connectivity index (χ2n) is 6.49. The van der Waals surface area contributed by atoms with Gasteiger partial charge in [0.1, 0.15) is 11.6 Å². The molecule has 3 atom stereocenters. The summed E-state index contributed by atoms with van der Waals surface area (Å²) in [5.41, 5.74) is -0.649. The number of alkyl carbamates (subject to hydrolysis) is 1. The van der Waals surface area contributed by atoms with E-state index in [-0.39, 0.29) is 5.92 Å². The minimum atomic E-state index is -1.08. The molecule has 3 N–H and O–H groups in total. The highest BCUT2D eigenvalue weighted by Gasteiger charge is 2.23. The number of carboxylic acids is 1. The predicted octanol–water partition coefficient (Wildman–Crippen LogP) is 2.07. The molecule has 0 heterocycles. The highest BCUT2D eigenvalue weighted by Crippen LogP contribution is 2.10. The van der Waals surface area contributed by atoms with Crippen molar-refractivity contribution < 1.29 is 24.2 Å². The molecule has 0 rings (SSSR count). The first-order valence-electron chi connectivity index (χ1n) is 7.67. The van der Waals surface area contributed by atoms with Crippen LogP contribution >= 0.6 is 0 Å². The Labute approximate surface area is 137 Å². The van der Waals surface area contributed by atoms with Crippen LogP contribution in [-0.2, 0) is 14.3 Å². The van der Waals surface area contributed by atoms with Gasteiger partial charge in [0.05, 0.1) is 6.04 Å². The molecule has 0 bridgehead atoms. The first-order chi connectivity index (χ1) is 10.5. The second-order valence-corrected chi connectivity index (χ2v) is 6.49. The summed E-state index contributed by atoms with van der Waals surface area (Å²) >= 11 is 0. The average Bonchev–Trinajstić information content (AvgIpc) is 2.39. The van der Waals surface area contributed by atoms with Crippen molar-refractivity contribution in [3.63, 3.8) is 0 Å². The molecular formula is C16H28N2O5. The minimum Gasteiger partial charge on any atom is -0.478 e. The van der Waals surface area contributed by atoms with Crippen molar-refractivity contribution in [3.05, 3.63) is 12.2 Å². The third-order valence-electron chi connectivity index (χ3n) is 3.14. The van der Waals surface area contributed by atoms with Crippen LogP contribution in [0.5, 0.6) is 0 Å². The van der Waals surface area contributed by atoms with Gasteiger partial charge in [-0.2, -0.15) is 0 Å². The number of aliphatic carboxylic acids is 1. The summed E-state index contributed by atoms with van der Waals surface area (Å²) in [6.07, 6.45) is 2.53. The van der Waals surface area contributed by atoms with E-state index in [2.05, 4.69) is 10.6 Å². The molecular weight excluding hydrogens is 300 g/mol. The van der Waals surface area contributed by atoms with Crippen molar-refractivity contribution in [3.8, 4) is 0 Å². The van der Waals surface area contributed by atoms with Gasteiger partial charge in [0.25, 0.3) is 0 Å². The van der Waals surface area contributed by atoms with Gasteiger partial charge in [-0.15, -0.1) is 0 Å². The predicted molar refractivity (Wildman–Crippen MR) is 87.0 cm³/mol. The zero-order valence-electron chi connectivity index (χ0n) is 14.7. The lowest BCUT2D eigenvalue weighted by Gasteiger charge is -2.25. The van der Waals surface area contributed by atoms with Crippen LogP contribution in [0.1, 0.15) is 48.0 Å². The fourth-order valence-electron chi connectivity index (χ4n) is 1.66. The smallest absolute Gasteiger partial charge is 0.408 e. The Morgan fingerprint density at radius 2 is 1.74 bits per heavy atom. The molecule has 2 amide bonds. The maximum atomic E-state index is 12.2. The van der Waals surface area contributed by atoms with E-state index in [4.69, 9.17) is 9.84 Å². The molecule has 0 saturated carbocycles. The van der Waals surface area contributed by atoms with E-state index < -0.39 is 35.7 Å². The van der Waals surface area contributed by atoms with Crippen molar-refractivity contribution >= 4 is 18.0 Å². The lowest BCUT2D eigenvalue weighted by atomic mass is 9.98. The van der Waals surface area contributed by atoms with Gasteiger partial charge in [0.15, 0.2) is 0 Å². The van der Waals surface area contributed by atoms with Crippen molar-refractivity contribution in [1.29, 1.82) is 0 Å². The van der Waals surface area contributed by atoms with Crippen LogP contribution in [-0.4, -0.2) is 40.8 Å². The number of hydrogen-bond acceptors (Lipinski definition) is 4. The van der Waals surface area contributed by atoms with Crippen LogP contribution in [0.3, 0.4) is 0 Å². The molecule has 0 aliphatic rings. The number of ether oxygens (including phenoxy) is 1. The number of hydrogen-bond donors (Lipinski definition) is 3. The highest BCUT2D eigenvalue weighted by atomic mass is 16.6. The largest absolute Gasteiger partial charge is 0.478 e. The summed E-state index contributed by atoms with van der Waals surface area (Å²) < 4.78 is 5.09. The SMILES string of the molecule is CCC(C)C(C=CC(=O)O)NC(=O)C(C)NC(=O)OC(C)(C)C. The van der Waals surface area contributed by atoms with E-state index in [1.165, 1.54) is 13.0 Å². The maximum absolute atomic E-state index is 12.2. The third kappa shape index (κ3) is 9.55. The fraction of sp³-hybridized carbons (Fsp3) is 0.688. The first-order valence-corrected chi connectivity index (χ1v) is 7.67. The molecule has 0 aromatic carbocycles. The summed E-state index contributed by atoms with van der Waals surface area (Å²) in [6.45, 7) is 10.6. The fourth-order valence-corrected chi connectivity index (χ4v) is 1.66. The van der Waals surface area contributed by atoms with Crippen LogP contribution in [0.15, 0.2) is 12.2 Å². The Balaban J connectivity index is 4.72. The molecule has 23 heavy (non-hydrogen) atoms. The van der Waals surface area contributed by atoms with Gasteiger partial charge < -0.3 is 20.5 Å². The molecule has 0 fully saturated rings. The molecule has 3 unspecified atom stereocenters. The molecule has 0 radical (unpaired) electrons. The molecule has 7 nitrogen and oxygen atoms in total. The van der Waals surface area contributed by atoms with E-state index in [1.54, 1.807) is 20.8 Å². The summed E-state index contributed by atoms with van der Waals surface area (Å²) in [5.74, 6) is -1.42. The molecule has 0 aromatic rings. The van der Waals surface area contributed by atoms with Crippen molar-refractivity contribution in [2.75, 3.05) is 0 Å². The summed E-state index contributed by atoms with van der Waals surface area (Å²) in [5, 5.41) is 13.9. The first kappa shape index (κ1) is 20.9. The molecule has 0 saturated heterocycles. The van der Waals surface area contributed by atoms with Gasteiger partial charge in [-0.05, 0) is 33.6 Å². The second kappa shape index (κ2) is 9.17. The molecule has 0 aliphatic carbocycles. The number of carboxylic acid groups (broad SMARTS) is 1. The lowest BCUT2D eigenvalue weighted by molar-refractivity contribution is -0.131. The number of amides is 2. The average molecular weight is 328 g/mol. The summed E-state index contributed by atoms with van der Waals surface area (Å²) in [6, 6.07) is -1.22. The van der Waals surface area contributed by atoms with Gasteiger partial charge in [-0.25, -0.2) is 9.59 Å². The van der Waals surface area contributed by atoms with E-state index in [0.29, 0.717) is 0 Å². The zero-order chi connectivity index (χ0) is 18.2. The van der Waals surface area contributed by atoms with Gasteiger partial charge in [0.2, 0.25) is 5.91 Å². The Morgan fingerprint density at radius 3 is 2.17 bits per heavy atom. The lowest BCUT2D eigenvalue weighted by Crippen LogP contribution is -2.50. The van der Waals surface area contributed by atoms with Crippen molar-refractivity contribution in [2.45, 2.75) is 65.6 Å². The maximum Gasteiger partial charge on any atom is 0.408 e. The normalized spacial score (nSPS) is 15.6. The highest BCUT2D eigenvalue weighted by molar-refractivity contribution is 5.86. The zero-order valence-corrected chi connectivity index (χ0v) is 14.7. The van der Waals surface area contributed by atoms with Gasteiger partial charge in [-0.3, -0.25) is 4.79 Å². The molecule has 0 aliphatic heterocycles. The van der Waals surface area contributed by atoms with Crippen molar-refractivity contribution in [1.82, 2.24) is 10.6 Å². The van der Waals surface area contributed by atoms with Gasteiger partial charge >= 0.3 is 12.1 Å².